The van der Waals surface area contributed by atoms with Gasteiger partial charge in [-0.15, -0.1) is 0 Å². The maximum Gasteiger partial charge on any atom is 0.308 e. The number of ether oxygens (including phenoxy) is 3. The zero-order valence-electron chi connectivity index (χ0n) is 16.1. The molecule has 2 aromatic rings. The molecule has 4 rings (SSSR count). The smallest absolute Gasteiger partial charge is 0.308 e. The Hall–Kier alpha value is -2.33. The Morgan fingerprint density at radius 1 is 1.11 bits per heavy atom. The van der Waals surface area contributed by atoms with Crippen molar-refractivity contribution in [2.75, 3.05) is 7.11 Å². The summed E-state index contributed by atoms with van der Waals surface area (Å²) in [5.74, 6) is 0.910. The van der Waals surface area contributed by atoms with E-state index in [1.54, 1.807) is 0 Å². The molecular weight excluding hydrogens is 340 g/mol. The van der Waals surface area contributed by atoms with Crippen molar-refractivity contribution in [2.45, 2.75) is 50.9 Å². The van der Waals surface area contributed by atoms with E-state index in [-0.39, 0.29) is 29.7 Å². The molecule has 2 aromatic carbocycles. The van der Waals surface area contributed by atoms with Gasteiger partial charge >= 0.3 is 5.97 Å². The van der Waals surface area contributed by atoms with Crippen molar-refractivity contribution < 1.29 is 19.0 Å². The van der Waals surface area contributed by atoms with Crippen LogP contribution in [-0.4, -0.2) is 24.8 Å². The molecular formula is C23H26O4. The lowest BCUT2D eigenvalue weighted by Gasteiger charge is -2.48. The lowest BCUT2D eigenvalue weighted by atomic mass is 9.74. The Kier molecular flexibility index (Phi) is 4.68. The van der Waals surface area contributed by atoms with Crippen LogP contribution in [0.1, 0.15) is 44.8 Å². The van der Waals surface area contributed by atoms with Crippen LogP contribution >= 0.6 is 0 Å². The molecule has 0 aromatic heterocycles. The summed E-state index contributed by atoms with van der Waals surface area (Å²) < 4.78 is 17.6. The topological polar surface area (TPSA) is 44.8 Å². The first-order chi connectivity index (χ1) is 13.0. The fraction of sp³-hybridized carbons (Fsp3) is 0.435. The highest BCUT2D eigenvalue weighted by molar-refractivity contribution is 5.70. The molecule has 3 atom stereocenters. The van der Waals surface area contributed by atoms with Crippen molar-refractivity contribution in [3.05, 3.63) is 54.1 Å². The maximum absolute atomic E-state index is 11.7. The number of fused-ring (bicyclic) bond motifs is 3. The van der Waals surface area contributed by atoms with Gasteiger partial charge in [0.15, 0.2) is 0 Å². The van der Waals surface area contributed by atoms with Gasteiger partial charge in [0.1, 0.15) is 11.4 Å². The van der Waals surface area contributed by atoms with E-state index in [9.17, 15) is 4.79 Å². The number of methoxy groups -OCH3 is 1. The van der Waals surface area contributed by atoms with E-state index < -0.39 is 0 Å². The molecule has 0 amide bonds. The van der Waals surface area contributed by atoms with Crippen LogP contribution < -0.4 is 4.74 Å². The molecule has 142 valence electrons. The van der Waals surface area contributed by atoms with Crippen molar-refractivity contribution in [3.63, 3.8) is 0 Å². The summed E-state index contributed by atoms with van der Waals surface area (Å²) in [7, 11) is 1.42. The largest absolute Gasteiger partial charge is 0.487 e. The van der Waals surface area contributed by atoms with Crippen molar-refractivity contribution >= 4 is 5.97 Å². The molecule has 0 aliphatic carbocycles. The van der Waals surface area contributed by atoms with Crippen molar-refractivity contribution in [1.82, 2.24) is 0 Å². The zero-order chi connectivity index (χ0) is 19.0. The summed E-state index contributed by atoms with van der Waals surface area (Å²) in [4.78, 5) is 11.7. The molecule has 4 nitrogen and oxygen atoms in total. The molecule has 0 radical (unpaired) electrons. The molecule has 0 spiro atoms. The van der Waals surface area contributed by atoms with E-state index >= 15 is 0 Å². The fourth-order valence-corrected chi connectivity index (χ4v) is 4.34. The number of hydrogen-bond donors (Lipinski definition) is 0. The van der Waals surface area contributed by atoms with Crippen LogP contribution in [0, 0.1) is 5.92 Å². The monoisotopic (exact) mass is 366 g/mol. The quantitative estimate of drug-likeness (QED) is 0.723. The van der Waals surface area contributed by atoms with Gasteiger partial charge in [-0.3, -0.25) is 4.79 Å². The van der Waals surface area contributed by atoms with Crippen molar-refractivity contribution in [2.24, 2.45) is 5.92 Å². The van der Waals surface area contributed by atoms with Gasteiger partial charge in [-0.2, -0.15) is 0 Å². The Balaban J connectivity index is 1.69. The number of rotatable bonds is 3. The molecule has 27 heavy (non-hydrogen) atoms. The standard InChI is InChI=1S/C23H26O4/c1-23(2)19-11-10-17(14-21(24)25-3)26-22(19)18-13-16(9-12-20(18)27-23)15-7-5-4-6-8-15/h4-9,12-13,17,19,22H,10-11,14H2,1-3H3/t17-,19+,22-/m1/s1. The zero-order valence-corrected chi connectivity index (χ0v) is 16.1. The molecule has 4 heteroatoms. The number of carbonyl (C=O) groups excluding carboxylic acids is 1. The van der Waals surface area contributed by atoms with Crippen LogP contribution in [0.4, 0.5) is 0 Å². The highest BCUT2D eigenvalue weighted by Gasteiger charge is 2.47. The Morgan fingerprint density at radius 2 is 1.89 bits per heavy atom. The molecule has 2 aliphatic rings. The first-order valence-corrected chi connectivity index (χ1v) is 9.58. The number of hydrogen-bond acceptors (Lipinski definition) is 4. The second-order valence-corrected chi connectivity index (χ2v) is 7.97. The highest BCUT2D eigenvalue weighted by Crippen LogP contribution is 2.51. The van der Waals surface area contributed by atoms with Gasteiger partial charge in [0.25, 0.3) is 0 Å². The van der Waals surface area contributed by atoms with Crippen LogP contribution in [0.3, 0.4) is 0 Å². The van der Waals surface area contributed by atoms with Gasteiger partial charge < -0.3 is 14.2 Å². The van der Waals surface area contributed by atoms with Gasteiger partial charge in [-0.25, -0.2) is 0 Å². The Bertz CT molecular complexity index is 828. The Morgan fingerprint density at radius 3 is 2.63 bits per heavy atom. The van der Waals surface area contributed by atoms with Gasteiger partial charge in [0.2, 0.25) is 0 Å². The maximum atomic E-state index is 11.7. The summed E-state index contributed by atoms with van der Waals surface area (Å²) >= 11 is 0. The molecule has 0 N–H and O–H groups in total. The SMILES string of the molecule is COC(=O)C[C@H]1CC[C@H]2[C@H](O1)c1cc(-c3ccccc3)ccc1OC2(C)C. The molecule has 0 saturated carbocycles. The second kappa shape index (κ2) is 7.01. The number of benzene rings is 2. The van der Waals surface area contributed by atoms with Crippen LogP contribution in [-0.2, 0) is 14.3 Å². The van der Waals surface area contributed by atoms with E-state index in [2.05, 4.69) is 38.1 Å². The molecule has 2 aliphatic heterocycles. The number of carbonyl (C=O) groups is 1. The van der Waals surface area contributed by atoms with Gasteiger partial charge in [0.05, 0.1) is 25.7 Å². The normalized spacial score (nSPS) is 25.7. The van der Waals surface area contributed by atoms with E-state index in [0.717, 1.165) is 29.7 Å². The predicted octanol–water partition coefficient (Wildman–Crippen LogP) is 4.92. The average Bonchev–Trinajstić information content (AvgIpc) is 2.68. The average molecular weight is 366 g/mol. The van der Waals surface area contributed by atoms with Gasteiger partial charge in [0, 0.05) is 11.5 Å². The Labute approximate surface area is 160 Å². The fourth-order valence-electron chi connectivity index (χ4n) is 4.34. The van der Waals surface area contributed by atoms with Crippen molar-refractivity contribution in [3.8, 4) is 16.9 Å². The minimum Gasteiger partial charge on any atom is -0.487 e. The summed E-state index contributed by atoms with van der Waals surface area (Å²) in [5, 5.41) is 0. The molecule has 0 unspecified atom stereocenters. The predicted molar refractivity (Wildman–Crippen MR) is 104 cm³/mol. The first kappa shape index (κ1) is 18.1. The first-order valence-electron chi connectivity index (χ1n) is 9.58. The lowest BCUT2D eigenvalue weighted by Crippen LogP contribution is -2.48. The van der Waals surface area contributed by atoms with E-state index in [1.807, 2.05) is 24.3 Å². The van der Waals surface area contributed by atoms with Gasteiger partial charge in [-0.1, -0.05) is 36.4 Å². The summed E-state index contributed by atoms with van der Waals surface area (Å²) in [6, 6.07) is 16.6. The third kappa shape index (κ3) is 3.46. The lowest BCUT2D eigenvalue weighted by molar-refractivity contribution is -0.164. The van der Waals surface area contributed by atoms with Crippen LogP contribution in [0.15, 0.2) is 48.5 Å². The molecule has 2 heterocycles. The minimum atomic E-state index is -0.303. The third-order valence-corrected chi connectivity index (χ3v) is 5.82. The van der Waals surface area contributed by atoms with E-state index in [1.165, 1.54) is 12.7 Å². The summed E-state index contributed by atoms with van der Waals surface area (Å²) in [5.41, 5.74) is 3.09. The number of esters is 1. The minimum absolute atomic E-state index is 0.0733. The highest BCUT2D eigenvalue weighted by atomic mass is 16.5. The van der Waals surface area contributed by atoms with Crippen LogP contribution in [0.2, 0.25) is 0 Å². The van der Waals surface area contributed by atoms with Crippen LogP contribution in [0.5, 0.6) is 5.75 Å². The second-order valence-electron chi connectivity index (χ2n) is 7.97. The molecule has 1 saturated heterocycles. The summed E-state index contributed by atoms with van der Waals surface area (Å²) in [6.07, 6.45) is 1.93. The van der Waals surface area contributed by atoms with Crippen molar-refractivity contribution in [1.29, 1.82) is 0 Å². The molecule has 1 fully saturated rings. The third-order valence-electron chi connectivity index (χ3n) is 5.82. The van der Waals surface area contributed by atoms with E-state index in [0.29, 0.717) is 6.42 Å². The van der Waals surface area contributed by atoms with E-state index in [4.69, 9.17) is 14.2 Å². The van der Waals surface area contributed by atoms with Gasteiger partial charge in [-0.05, 0) is 49.9 Å². The molecule has 0 bridgehead atoms. The summed E-state index contributed by atoms with van der Waals surface area (Å²) in [6.45, 7) is 4.26. The van der Waals surface area contributed by atoms with Crippen LogP contribution in [0.25, 0.3) is 11.1 Å².